The Morgan fingerprint density at radius 2 is 2.28 bits per heavy atom. The molecule has 4 nitrogen and oxygen atoms in total. The number of hydrogen-bond donors (Lipinski definition) is 2. The third-order valence-electron chi connectivity index (χ3n) is 3.26. The van der Waals surface area contributed by atoms with Crippen LogP contribution in [0.4, 0.5) is 0 Å². The van der Waals surface area contributed by atoms with Crippen LogP contribution in [-0.2, 0) is 11.2 Å². The molecule has 0 radical (unpaired) electrons. The van der Waals surface area contributed by atoms with E-state index in [-0.39, 0.29) is 18.0 Å². The molecule has 2 atom stereocenters. The van der Waals surface area contributed by atoms with E-state index in [4.69, 9.17) is 10.5 Å². The molecule has 0 bridgehead atoms. The summed E-state index contributed by atoms with van der Waals surface area (Å²) in [6.07, 6.45) is 1.34. The first-order valence-corrected chi connectivity index (χ1v) is 6.36. The van der Waals surface area contributed by atoms with Crippen LogP contribution in [0.5, 0.6) is 5.75 Å². The summed E-state index contributed by atoms with van der Waals surface area (Å²) in [5.41, 5.74) is 7.67. The molecule has 3 N–H and O–H groups in total. The van der Waals surface area contributed by atoms with E-state index in [0.717, 1.165) is 18.8 Å². The van der Waals surface area contributed by atoms with Crippen molar-refractivity contribution in [2.75, 3.05) is 6.61 Å². The number of amides is 1. The van der Waals surface area contributed by atoms with Gasteiger partial charge in [-0.1, -0.05) is 12.1 Å². The van der Waals surface area contributed by atoms with Crippen LogP contribution >= 0.6 is 0 Å². The van der Waals surface area contributed by atoms with Crippen molar-refractivity contribution in [2.45, 2.75) is 38.8 Å². The lowest BCUT2D eigenvalue weighted by molar-refractivity contribution is -0.118. The molecule has 1 aromatic rings. The van der Waals surface area contributed by atoms with Gasteiger partial charge in [0.2, 0.25) is 5.91 Å². The predicted octanol–water partition coefficient (Wildman–Crippen LogP) is 1.54. The molecule has 1 aromatic carbocycles. The molecule has 18 heavy (non-hydrogen) atoms. The molecule has 1 heterocycles. The van der Waals surface area contributed by atoms with Gasteiger partial charge in [-0.25, -0.2) is 0 Å². The predicted molar refractivity (Wildman–Crippen MR) is 70.5 cm³/mol. The lowest BCUT2D eigenvalue weighted by atomic mass is 10.0. The SMILES string of the molecule is CC(CC(N)=O)NC(C)c1ccc2c(c1)CCO2. The average Bonchev–Trinajstić information content (AvgIpc) is 2.74. The number of rotatable bonds is 5. The molecule has 2 rings (SSSR count). The van der Waals surface area contributed by atoms with E-state index < -0.39 is 0 Å². The minimum Gasteiger partial charge on any atom is -0.493 e. The average molecular weight is 248 g/mol. The molecule has 1 aliphatic heterocycles. The highest BCUT2D eigenvalue weighted by molar-refractivity contribution is 5.74. The van der Waals surface area contributed by atoms with Crippen molar-refractivity contribution in [1.82, 2.24) is 5.32 Å². The molecule has 2 unspecified atom stereocenters. The Morgan fingerprint density at radius 1 is 1.50 bits per heavy atom. The van der Waals surface area contributed by atoms with Gasteiger partial charge in [0.05, 0.1) is 6.61 Å². The van der Waals surface area contributed by atoms with Crippen LogP contribution in [0.1, 0.15) is 37.4 Å². The van der Waals surface area contributed by atoms with Crippen molar-refractivity contribution in [1.29, 1.82) is 0 Å². The Balaban J connectivity index is 2.00. The molecule has 4 heteroatoms. The Labute approximate surface area is 108 Å². The summed E-state index contributed by atoms with van der Waals surface area (Å²) in [5, 5.41) is 3.38. The molecule has 0 spiro atoms. The minimum atomic E-state index is -0.274. The van der Waals surface area contributed by atoms with Gasteiger partial charge in [0, 0.05) is 24.9 Å². The quantitative estimate of drug-likeness (QED) is 0.830. The maximum absolute atomic E-state index is 10.8. The summed E-state index contributed by atoms with van der Waals surface area (Å²) >= 11 is 0. The maximum Gasteiger partial charge on any atom is 0.218 e. The highest BCUT2D eigenvalue weighted by Gasteiger charge is 2.16. The van der Waals surface area contributed by atoms with Crippen LogP contribution in [0, 0.1) is 0 Å². The van der Waals surface area contributed by atoms with E-state index in [1.165, 1.54) is 11.1 Å². The fourth-order valence-corrected chi connectivity index (χ4v) is 2.36. The third-order valence-corrected chi connectivity index (χ3v) is 3.26. The largest absolute Gasteiger partial charge is 0.493 e. The first-order valence-electron chi connectivity index (χ1n) is 6.36. The van der Waals surface area contributed by atoms with Crippen LogP contribution in [0.2, 0.25) is 0 Å². The highest BCUT2D eigenvalue weighted by Crippen LogP contribution is 2.28. The van der Waals surface area contributed by atoms with Gasteiger partial charge < -0.3 is 15.8 Å². The molecule has 0 saturated heterocycles. The van der Waals surface area contributed by atoms with E-state index in [9.17, 15) is 4.79 Å². The molecule has 0 aromatic heterocycles. The van der Waals surface area contributed by atoms with Crippen molar-refractivity contribution < 1.29 is 9.53 Å². The van der Waals surface area contributed by atoms with Crippen molar-refractivity contribution in [3.8, 4) is 5.75 Å². The summed E-state index contributed by atoms with van der Waals surface area (Å²) in [5.74, 6) is 0.723. The number of fused-ring (bicyclic) bond motifs is 1. The first kappa shape index (κ1) is 12.9. The van der Waals surface area contributed by atoms with Gasteiger partial charge in [0.15, 0.2) is 0 Å². The minimum absolute atomic E-state index is 0.0852. The number of carbonyl (C=O) groups excluding carboxylic acids is 1. The highest BCUT2D eigenvalue weighted by atomic mass is 16.5. The van der Waals surface area contributed by atoms with Crippen LogP contribution in [0.25, 0.3) is 0 Å². The van der Waals surface area contributed by atoms with Gasteiger partial charge in [-0.05, 0) is 31.0 Å². The van der Waals surface area contributed by atoms with Gasteiger partial charge in [-0.3, -0.25) is 4.79 Å². The molecular weight excluding hydrogens is 228 g/mol. The zero-order chi connectivity index (χ0) is 13.1. The number of hydrogen-bond acceptors (Lipinski definition) is 3. The fraction of sp³-hybridized carbons (Fsp3) is 0.500. The number of carbonyl (C=O) groups is 1. The van der Waals surface area contributed by atoms with E-state index in [1.54, 1.807) is 0 Å². The summed E-state index contributed by atoms with van der Waals surface area (Å²) in [7, 11) is 0. The summed E-state index contributed by atoms with van der Waals surface area (Å²) in [6, 6.07) is 6.55. The third kappa shape index (κ3) is 3.01. The summed E-state index contributed by atoms with van der Waals surface area (Å²) < 4.78 is 5.49. The molecule has 98 valence electrons. The summed E-state index contributed by atoms with van der Waals surface area (Å²) in [4.78, 5) is 10.8. The zero-order valence-electron chi connectivity index (χ0n) is 10.9. The number of benzene rings is 1. The van der Waals surface area contributed by atoms with Gasteiger partial charge in [0.1, 0.15) is 5.75 Å². The van der Waals surface area contributed by atoms with Crippen LogP contribution in [0.3, 0.4) is 0 Å². The van der Waals surface area contributed by atoms with Gasteiger partial charge in [-0.2, -0.15) is 0 Å². The fourth-order valence-electron chi connectivity index (χ4n) is 2.36. The monoisotopic (exact) mass is 248 g/mol. The van der Waals surface area contributed by atoms with E-state index in [1.807, 2.05) is 13.0 Å². The van der Waals surface area contributed by atoms with Crippen molar-refractivity contribution in [3.63, 3.8) is 0 Å². The molecule has 0 aliphatic carbocycles. The molecule has 0 fully saturated rings. The van der Waals surface area contributed by atoms with Gasteiger partial charge in [0.25, 0.3) is 0 Å². The Bertz CT molecular complexity index is 445. The van der Waals surface area contributed by atoms with Crippen LogP contribution in [-0.4, -0.2) is 18.6 Å². The van der Waals surface area contributed by atoms with E-state index in [0.29, 0.717) is 6.42 Å². The van der Waals surface area contributed by atoms with Gasteiger partial charge >= 0.3 is 0 Å². The molecule has 1 aliphatic rings. The second kappa shape index (κ2) is 5.40. The second-order valence-electron chi connectivity index (χ2n) is 4.93. The van der Waals surface area contributed by atoms with Crippen molar-refractivity contribution >= 4 is 5.91 Å². The van der Waals surface area contributed by atoms with Crippen LogP contribution < -0.4 is 15.8 Å². The second-order valence-corrected chi connectivity index (χ2v) is 4.93. The number of nitrogens with two attached hydrogens (primary N) is 1. The molecule has 1 amide bonds. The smallest absolute Gasteiger partial charge is 0.218 e. The topological polar surface area (TPSA) is 64.4 Å². The standard InChI is InChI=1S/C14H20N2O2/c1-9(7-14(15)17)16-10(2)11-3-4-13-12(8-11)5-6-18-13/h3-4,8-10,16H,5-7H2,1-2H3,(H2,15,17). The number of nitrogens with one attached hydrogen (secondary N) is 1. The summed E-state index contributed by atoms with van der Waals surface area (Å²) in [6.45, 7) is 4.84. The van der Waals surface area contributed by atoms with Gasteiger partial charge in [-0.15, -0.1) is 0 Å². The molecule has 0 saturated carbocycles. The molecular formula is C14H20N2O2. The van der Waals surface area contributed by atoms with Crippen molar-refractivity contribution in [2.24, 2.45) is 5.73 Å². The van der Waals surface area contributed by atoms with E-state index >= 15 is 0 Å². The van der Waals surface area contributed by atoms with Crippen LogP contribution in [0.15, 0.2) is 18.2 Å². The lowest BCUT2D eigenvalue weighted by Gasteiger charge is -2.19. The Kier molecular flexibility index (Phi) is 3.87. The maximum atomic E-state index is 10.8. The van der Waals surface area contributed by atoms with E-state index in [2.05, 4.69) is 24.4 Å². The number of primary amides is 1. The number of ether oxygens (including phenoxy) is 1. The Morgan fingerprint density at radius 3 is 3.00 bits per heavy atom. The Hall–Kier alpha value is -1.55. The zero-order valence-corrected chi connectivity index (χ0v) is 10.9. The van der Waals surface area contributed by atoms with Crippen molar-refractivity contribution in [3.05, 3.63) is 29.3 Å². The normalized spacial score (nSPS) is 16.8. The first-order chi connectivity index (χ1) is 8.56. The lowest BCUT2D eigenvalue weighted by Crippen LogP contribution is -2.32.